The van der Waals surface area contributed by atoms with Gasteiger partial charge in [-0.25, -0.2) is 0 Å². The van der Waals surface area contributed by atoms with E-state index in [1.807, 2.05) is 0 Å². The fourth-order valence-corrected chi connectivity index (χ4v) is 13.2. The van der Waals surface area contributed by atoms with Crippen LogP contribution in [-0.2, 0) is 22.8 Å². The Morgan fingerprint density at radius 3 is 2.07 bits per heavy atom. The van der Waals surface area contributed by atoms with Crippen molar-refractivity contribution in [1.82, 2.24) is 0 Å². The molecule has 4 unspecified atom stereocenters. The zero-order valence-electron chi connectivity index (χ0n) is 33.7. The van der Waals surface area contributed by atoms with Gasteiger partial charge in [-0.1, -0.05) is 123 Å². The average Bonchev–Trinajstić information content (AvgIpc) is 3.56. The SMILES string of the molecule is Cc1ccc(N2c3ccc(C)cc3B3c4cccc5c4N(c4cc(N6c7ccccc7C7(C)CCCCC67C)cc2c43)C2(C)c3ccccc3CCC52C)cc1. The number of anilines is 7. The van der Waals surface area contributed by atoms with Crippen LogP contribution in [0.2, 0.25) is 0 Å². The number of nitrogens with zero attached hydrogens (tertiary/aromatic N) is 3. The van der Waals surface area contributed by atoms with Gasteiger partial charge in [-0.15, -0.1) is 0 Å². The third kappa shape index (κ3) is 3.73. The van der Waals surface area contributed by atoms with E-state index in [1.165, 1.54) is 115 Å². The summed E-state index contributed by atoms with van der Waals surface area (Å²) in [4.78, 5) is 8.28. The highest BCUT2D eigenvalue weighted by Crippen LogP contribution is 2.66. The summed E-state index contributed by atoms with van der Waals surface area (Å²) in [5, 5.41) is 0. The van der Waals surface area contributed by atoms with Gasteiger partial charge in [-0.05, 0) is 128 Å². The third-order valence-electron chi connectivity index (χ3n) is 16.3. The topological polar surface area (TPSA) is 9.72 Å². The molecule has 276 valence electrons. The number of aryl methyl sites for hydroxylation is 3. The van der Waals surface area contributed by atoms with E-state index in [9.17, 15) is 0 Å². The van der Waals surface area contributed by atoms with Gasteiger partial charge in [0.05, 0.1) is 11.1 Å². The molecule has 1 fully saturated rings. The summed E-state index contributed by atoms with van der Waals surface area (Å²) >= 11 is 0. The largest absolute Gasteiger partial charge is 0.334 e. The molecule has 0 saturated heterocycles. The van der Waals surface area contributed by atoms with Gasteiger partial charge >= 0.3 is 0 Å². The molecule has 4 heteroatoms. The van der Waals surface area contributed by atoms with Crippen molar-refractivity contribution in [1.29, 1.82) is 0 Å². The molecule has 3 nitrogen and oxygen atoms in total. The zero-order chi connectivity index (χ0) is 37.9. The van der Waals surface area contributed by atoms with E-state index in [1.54, 1.807) is 0 Å². The molecule has 4 heterocycles. The van der Waals surface area contributed by atoms with Crippen molar-refractivity contribution >= 4 is 62.9 Å². The Balaban J connectivity index is 1.23. The van der Waals surface area contributed by atoms with E-state index in [4.69, 9.17) is 0 Å². The summed E-state index contributed by atoms with van der Waals surface area (Å²) in [6, 6.07) is 47.8. The van der Waals surface area contributed by atoms with Gasteiger partial charge < -0.3 is 14.7 Å². The lowest BCUT2D eigenvalue weighted by Gasteiger charge is -2.54. The lowest BCUT2D eigenvalue weighted by atomic mass is 9.33. The molecule has 56 heavy (non-hydrogen) atoms. The Labute approximate surface area is 333 Å². The van der Waals surface area contributed by atoms with Crippen molar-refractivity contribution in [3.8, 4) is 0 Å². The van der Waals surface area contributed by atoms with Crippen molar-refractivity contribution in [2.75, 3.05) is 14.7 Å². The normalized spacial score (nSPS) is 27.2. The Kier molecular flexibility index (Phi) is 6.35. The second-order valence-electron chi connectivity index (χ2n) is 18.9. The van der Waals surface area contributed by atoms with Crippen LogP contribution in [0.4, 0.5) is 39.8 Å². The van der Waals surface area contributed by atoms with E-state index in [0.29, 0.717) is 0 Å². The summed E-state index contributed by atoms with van der Waals surface area (Å²) in [6.07, 6.45) is 7.17. The van der Waals surface area contributed by atoms with Crippen molar-refractivity contribution in [3.05, 3.63) is 155 Å². The molecule has 0 amide bonds. The van der Waals surface area contributed by atoms with Gasteiger partial charge in [-0.3, -0.25) is 0 Å². The van der Waals surface area contributed by atoms with Gasteiger partial charge in [0.25, 0.3) is 6.71 Å². The molecule has 12 rings (SSSR count). The molecular formula is C52H50BN3. The van der Waals surface area contributed by atoms with Crippen LogP contribution >= 0.6 is 0 Å². The highest BCUT2D eigenvalue weighted by atomic mass is 15.3. The molecule has 2 aliphatic carbocycles. The van der Waals surface area contributed by atoms with Crippen LogP contribution in [0, 0.1) is 13.8 Å². The summed E-state index contributed by atoms with van der Waals surface area (Å²) in [7, 11) is 0. The van der Waals surface area contributed by atoms with Gasteiger partial charge in [0.1, 0.15) is 0 Å². The molecule has 4 aliphatic heterocycles. The van der Waals surface area contributed by atoms with Gasteiger partial charge in [0, 0.05) is 50.6 Å². The van der Waals surface area contributed by atoms with E-state index in [-0.39, 0.29) is 28.6 Å². The number of fused-ring (bicyclic) bond motifs is 12. The molecule has 4 atom stereocenters. The number of hydrogen-bond donors (Lipinski definition) is 0. The fourth-order valence-electron chi connectivity index (χ4n) is 13.2. The van der Waals surface area contributed by atoms with Crippen molar-refractivity contribution in [2.45, 2.75) is 102 Å². The molecule has 0 bridgehead atoms. The van der Waals surface area contributed by atoms with E-state index in [2.05, 4.69) is 178 Å². The number of hydrogen-bond acceptors (Lipinski definition) is 3. The number of rotatable bonds is 2. The lowest BCUT2D eigenvalue weighted by molar-refractivity contribution is 0.195. The minimum absolute atomic E-state index is 0.0493. The molecule has 0 radical (unpaired) electrons. The first-order valence-corrected chi connectivity index (χ1v) is 21.2. The van der Waals surface area contributed by atoms with Crippen LogP contribution in [0.3, 0.4) is 0 Å². The minimum Gasteiger partial charge on any atom is -0.334 e. The van der Waals surface area contributed by atoms with Gasteiger partial charge in [-0.2, -0.15) is 0 Å². The van der Waals surface area contributed by atoms with E-state index < -0.39 is 0 Å². The first-order chi connectivity index (χ1) is 27.1. The average molecular weight is 728 g/mol. The predicted molar refractivity (Wildman–Crippen MR) is 236 cm³/mol. The fraction of sp³-hybridized carbons (Fsp3) is 0.308. The predicted octanol–water partition coefficient (Wildman–Crippen LogP) is 10.9. The Morgan fingerprint density at radius 2 is 1.23 bits per heavy atom. The van der Waals surface area contributed by atoms with Crippen LogP contribution in [0.15, 0.2) is 121 Å². The molecule has 0 spiro atoms. The molecule has 0 aromatic heterocycles. The minimum atomic E-state index is -0.272. The maximum absolute atomic E-state index is 2.87. The maximum Gasteiger partial charge on any atom is 0.252 e. The smallest absolute Gasteiger partial charge is 0.252 e. The summed E-state index contributed by atoms with van der Waals surface area (Å²) in [5.41, 5.74) is 21.9. The Morgan fingerprint density at radius 1 is 0.518 bits per heavy atom. The highest BCUT2D eigenvalue weighted by Gasteiger charge is 2.64. The van der Waals surface area contributed by atoms with Crippen molar-refractivity contribution < 1.29 is 0 Å². The van der Waals surface area contributed by atoms with Crippen LogP contribution in [0.25, 0.3) is 0 Å². The second kappa shape index (κ2) is 10.8. The summed E-state index contributed by atoms with van der Waals surface area (Å²) in [5.74, 6) is 0. The van der Waals surface area contributed by atoms with Gasteiger partial charge in [0.15, 0.2) is 0 Å². The van der Waals surface area contributed by atoms with Crippen molar-refractivity contribution in [3.63, 3.8) is 0 Å². The van der Waals surface area contributed by atoms with Crippen LogP contribution in [0.5, 0.6) is 0 Å². The van der Waals surface area contributed by atoms with Crippen LogP contribution in [0.1, 0.15) is 93.2 Å². The summed E-state index contributed by atoms with van der Waals surface area (Å²) < 4.78 is 0. The molecule has 6 aromatic carbocycles. The quantitative estimate of drug-likeness (QED) is 0.164. The highest BCUT2D eigenvalue weighted by molar-refractivity contribution is 7.00. The monoisotopic (exact) mass is 727 g/mol. The van der Waals surface area contributed by atoms with E-state index >= 15 is 0 Å². The Bertz CT molecular complexity index is 2680. The zero-order valence-corrected chi connectivity index (χ0v) is 33.7. The standard InChI is InChI=1S/C52H50BN3/c1-33-20-23-36(24-21-33)54-44-25-22-34(2)30-42(44)53-41-18-13-17-40-48(41)56(52(6)38-15-8-7-14-35(38)26-29-50(40,52)4)46-32-37(31-45(54)47(46)53)55-43-19-10-9-16-39(43)49(3)27-11-12-28-51(49,55)5/h7-10,13-25,30-32H,11-12,26-29H2,1-6H3. The lowest BCUT2D eigenvalue weighted by Crippen LogP contribution is -2.64. The number of benzene rings is 6. The first kappa shape index (κ1) is 33.0. The van der Waals surface area contributed by atoms with Crippen molar-refractivity contribution in [2.24, 2.45) is 0 Å². The molecule has 1 saturated carbocycles. The summed E-state index contributed by atoms with van der Waals surface area (Å²) in [6.45, 7) is 14.9. The Hall–Kier alpha value is -5.22. The second-order valence-corrected chi connectivity index (χ2v) is 18.9. The molecular weight excluding hydrogens is 677 g/mol. The molecule has 0 N–H and O–H groups in total. The van der Waals surface area contributed by atoms with E-state index in [0.717, 1.165) is 12.8 Å². The van der Waals surface area contributed by atoms with Crippen LogP contribution in [-0.4, -0.2) is 12.3 Å². The first-order valence-electron chi connectivity index (χ1n) is 21.2. The third-order valence-corrected chi connectivity index (χ3v) is 16.3. The molecule has 6 aromatic rings. The molecule has 6 aliphatic rings. The van der Waals surface area contributed by atoms with Gasteiger partial charge in [0.2, 0.25) is 0 Å². The maximum atomic E-state index is 2.87. The van der Waals surface area contributed by atoms with Crippen LogP contribution < -0.4 is 31.1 Å². The number of para-hydroxylation sites is 2.